The molecule has 5 heteroatoms. The Morgan fingerprint density at radius 1 is 1.47 bits per heavy atom. The molecule has 19 heavy (non-hydrogen) atoms. The first kappa shape index (κ1) is 14.0. The molecular weight excluding hydrogens is 244 g/mol. The first-order chi connectivity index (χ1) is 9.25. The van der Waals surface area contributed by atoms with Gasteiger partial charge in [0, 0.05) is 19.8 Å². The Morgan fingerprint density at radius 3 is 3.05 bits per heavy atom. The van der Waals surface area contributed by atoms with Crippen molar-refractivity contribution in [1.29, 1.82) is 0 Å². The lowest BCUT2D eigenvalue weighted by atomic mass is 10.3. The molecule has 0 aromatic carbocycles. The first-order valence-electron chi connectivity index (χ1n) is 6.73. The highest BCUT2D eigenvalue weighted by Crippen LogP contribution is 2.28. The van der Waals surface area contributed by atoms with Crippen LogP contribution in [0.15, 0.2) is 18.2 Å². The number of pyridine rings is 1. The zero-order valence-corrected chi connectivity index (χ0v) is 11.0. The van der Waals surface area contributed by atoms with E-state index in [0.717, 1.165) is 37.8 Å². The van der Waals surface area contributed by atoms with E-state index in [1.165, 1.54) is 18.9 Å². The molecule has 0 radical (unpaired) electrons. The molecular formula is C14H20N2O3. The van der Waals surface area contributed by atoms with E-state index in [4.69, 9.17) is 9.84 Å². The van der Waals surface area contributed by atoms with Gasteiger partial charge in [0.15, 0.2) is 0 Å². The molecule has 0 spiro atoms. The molecule has 1 aliphatic carbocycles. The van der Waals surface area contributed by atoms with Gasteiger partial charge < -0.3 is 15.2 Å². The smallest absolute Gasteiger partial charge is 0.354 e. The van der Waals surface area contributed by atoms with Crippen LogP contribution in [0.3, 0.4) is 0 Å². The summed E-state index contributed by atoms with van der Waals surface area (Å²) in [6, 6.07) is 5.03. The van der Waals surface area contributed by atoms with Crippen molar-refractivity contribution in [3.05, 3.63) is 29.6 Å². The van der Waals surface area contributed by atoms with Crippen LogP contribution in [-0.2, 0) is 11.3 Å². The molecule has 2 rings (SSSR count). The van der Waals surface area contributed by atoms with E-state index in [0.29, 0.717) is 6.54 Å². The fraction of sp³-hybridized carbons (Fsp3) is 0.571. The number of hydrogen-bond donors (Lipinski definition) is 2. The highest BCUT2D eigenvalue weighted by Gasteiger charge is 2.20. The van der Waals surface area contributed by atoms with Gasteiger partial charge in [-0.25, -0.2) is 9.78 Å². The SMILES string of the molecule is O=C(O)c1cccc(CNCCCOCC2CC2)n1. The predicted molar refractivity (Wildman–Crippen MR) is 71.1 cm³/mol. The van der Waals surface area contributed by atoms with E-state index in [-0.39, 0.29) is 5.69 Å². The van der Waals surface area contributed by atoms with Crippen LogP contribution in [0.2, 0.25) is 0 Å². The van der Waals surface area contributed by atoms with Crippen molar-refractivity contribution in [2.45, 2.75) is 25.8 Å². The molecule has 0 bridgehead atoms. The van der Waals surface area contributed by atoms with Gasteiger partial charge >= 0.3 is 5.97 Å². The average molecular weight is 264 g/mol. The highest BCUT2D eigenvalue weighted by atomic mass is 16.5. The Hall–Kier alpha value is -1.46. The lowest BCUT2D eigenvalue weighted by Gasteiger charge is -2.06. The van der Waals surface area contributed by atoms with Gasteiger partial charge in [-0.3, -0.25) is 0 Å². The van der Waals surface area contributed by atoms with Gasteiger partial charge in [-0.2, -0.15) is 0 Å². The number of nitrogens with zero attached hydrogens (tertiary/aromatic N) is 1. The van der Waals surface area contributed by atoms with Gasteiger partial charge in [-0.1, -0.05) is 6.07 Å². The molecule has 0 saturated heterocycles. The van der Waals surface area contributed by atoms with Gasteiger partial charge in [0.2, 0.25) is 0 Å². The number of carbonyl (C=O) groups is 1. The van der Waals surface area contributed by atoms with Crippen molar-refractivity contribution in [3.63, 3.8) is 0 Å². The summed E-state index contributed by atoms with van der Waals surface area (Å²) in [5.41, 5.74) is 0.839. The zero-order valence-electron chi connectivity index (χ0n) is 11.0. The summed E-state index contributed by atoms with van der Waals surface area (Å²) in [6.45, 7) is 3.13. The first-order valence-corrected chi connectivity index (χ1v) is 6.73. The monoisotopic (exact) mass is 264 g/mol. The molecule has 1 aliphatic rings. The lowest BCUT2D eigenvalue weighted by molar-refractivity contribution is 0.0690. The molecule has 1 aromatic rings. The van der Waals surface area contributed by atoms with Crippen molar-refractivity contribution in [3.8, 4) is 0 Å². The van der Waals surface area contributed by atoms with E-state index in [1.807, 2.05) is 6.07 Å². The molecule has 0 amide bonds. The van der Waals surface area contributed by atoms with Crippen LogP contribution < -0.4 is 5.32 Å². The van der Waals surface area contributed by atoms with E-state index >= 15 is 0 Å². The van der Waals surface area contributed by atoms with E-state index in [2.05, 4.69) is 10.3 Å². The Balaban J connectivity index is 1.56. The van der Waals surface area contributed by atoms with E-state index < -0.39 is 5.97 Å². The minimum absolute atomic E-state index is 0.0899. The fourth-order valence-electron chi connectivity index (χ4n) is 1.75. The quantitative estimate of drug-likeness (QED) is 0.664. The summed E-state index contributed by atoms with van der Waals surface area (Å²) < 4.78 is 5.53. The van der Waals surface area contributed by atoms with Crippen molar-refractivity contribution < 1.29 is 14.6 Å². The molecule has 0 atom stereocenters. The molecule has 5 nitrogen and oxygen atoms in total. The molecule has 1 aromatic heterocycles. The van der Waals surface area contributed by atoms with E-state index in [9.17, 15) is 4.79 Å². The summed E-state index contributed by atoms with van der Waals surface area (Å²) in [6.07, 6.45) is 3.61. The third-order valence-electron chi connectivity index (χ3n) is 3.02. The van der Waals surface area contributed by atoms with Gasteiger partial charge in [0.1, 0.15) is 5.69 Å². The summed E-state index contributed by atoms with van der Waals surface area (Å²) in [4.78, 5) is 14.8. The number of carboxylic acids is 1. The van der Waals surface area contributed by atoms with Crippen molar-refractivity contribution >= 4 is 5.97 Å². The maximum atomic E-state index is 10.8. The van der Waals surface area contributed by atoms with Crippen molar-refractivity contribution in [2.75, 3.05) is 19.8 Å². The number of hydrogen-bond acceptors (Lipinski definition) is 4. The zero-order chi connectivity index (χ0) is 13.5. The summed E-state index contributed by atoms with van der Waals surface area (Å²) in [5.74, 6) is -0.175. The molecule has 1 saturated carbocycles. The average Bonchev–Trinajstić information content (AvgIpc) is 3.22. The number of carboxylic acid groups (broad SMARTS) is 1. The number of ether oxygens (including phenoxy) is 1. The second kappa shape index (κ2) is 7.21. The Morgan fingerprint density at radius 2 is 2.32 bits per heavy atom. The molecule has 1 fully saturated rings. The number of rotatable bonds is 9. The molecule has 104 valence electrons. The Labute approximate surface area is 113 Å². The maximum Gasteiger partial charge on any atom is 0.354 e. The third-order valence-corrected chi connectivity index (χ3v) is 3.02. The van der Waals surface area contributed by atoms with Gasteiger partial charge in [0.05, 0.1) is 5.69 Å². The molecule has 2 N–H and O–H groups in total. The van der Waals surface area contributed by atoms with E-state index in [1.54, 1.807) is 6.07 Å². The van der Waals surface area contributed by atoms with Crippen LogP contribution in [0.5, 0.6) is 0 Å². The minimum atomic E-state index is -0.990. The fourth-order valence-corrected chi connectivity index (χ4v) is 1.75. The van der Waals surface area contributed by atoms with Crippen molar-refractivity contribution in [1.82, 2.24) is 10.3 Å². The predicted octanol–water partition coefficient (Wildman–Crippen LogP) is 1.69. The second-order valence-corrected chi connectivity index (χ2v) is 4.87. The number of aromatic nitrogens is 1. The van der Waals surface area contributed by atoms with Gasteiger partial charge in [-0.05, 0) is 43.9 Å². The topological polar surface area (TPSA) is 71.5 Å². The van der Waals surface area contributed by atoms with Crippen LogP contribution in [0.4, 0.5) is 0 Å². The lowest BCUT2D eigenvalue weighted by Crippen LogP contribution is -2.18. The minimum Gasteiger partial charge on any atom is -0.477 e. The van der Waals surface area contributed by atoms with Crippen LogP contribution >= 0.6 is 0 Å². The Bertz CT molecular complexity index is 419. The summed E-state index contributed by atoms with van der Waals surface area (Å²) >= 11 is 0. The molecule has 0 unspecified atom stereocenters. The van der Waals surface area contributed by atoms with Crippen LogP contribution in [0, 0.1) is 5.92 Å². The highest BCUT2D eigenvalue weighted by molar-refractivity contribution is 5.85. The summed E-state index contributed by atoms with van der Waals surface area (Å²) in [5, 5.41) is 12.1. The maximum absolute atomic E-state index is 10.8. The van der Waals surface area contributed by atoms with Gasteiger partial charge in [0.25, 0.3) is 0 Å². The standard InChI is InChI=1S/C14H20N2O3/c17-14(18)13-4-1-3-12(16-13)9-15-7-2-8-19-10-11-5-6-11/h1,3-4,11,15H,2,5-10H2,(H,17,18). The second-order valence-electron chi connectivity index (χ2n) is 4.87. The summed E-state index contributed by atoms with van der Waals surface area (Å²) in [7, 11) is 0. The van der Waals surface area contributed by atoms with Gasteiger partial charge in [-0.15, -0.1) is 0 Å². The number of aromatic carboxylic acids is 1. The largest absolute Gasteiger partial charge is 0.477 e. The molecule has 0 aliphatic heterocycles. The Kier molecular flexibility index (Phi) is 5.30. The molecule has 1 heterocycles. The van der Waals surface area contributed by atoms with Crippen LogP contribution in [-0.4, -0.2) is 35.8 Å². The number of nitrogens with one attached hydrogen (secondary N) is 1. The van der Waals surface area contributed by atoms with Crippen molar-refractivity contribution in [2.24, 2.45) is 5.92 Å². The normalized spacial score (nSPS) is 14.5. The van der Waals surface area contributed by atoms with Crippen LogP contribution in [0.25, 0.3) is 0 Å². The third kappa shape index (κ3) is 5.36. The van der Waals surface area contributed by atoms with Crippen LogP contribution in [0.1, 0.15) is 35.4 Å².